The van der Waals surface area contributed by atoms with Gasteiger partial charge in [-0.3, -0.25) is 9.58 Å². The molecule has 0 aliphatic carbocycles. The highest BCUT2D eigenvalue weighted by Crippen LogP contribution is 2.35. The number of aromatic nitrogens is 4. The number of nitrogens with one attached hydrogen (secondary N) is 1. The molecule has 0 amide bonds. The van der Waals surface area contributed by atoms with Crippen LogP contribution in [-0.2, 0) is 20.0 Å². The molecule has 6 nitrogen and oxygen atoms in total. The lowest BCUT2D eigenvalue weighted by Gasteiger charge is -2.34. The maximum absolute atomic E-state index is 5.66. The fourth-order valence-electron chi connectivity index (χ4n) is 3.99. The van der Waals surface area contributed by atoms with Crippen LogP contribution in [0.5, 0.6) is 0 Å². The topological polar surface area (TPSA) is 62.9 Å². The van der Waals surface area contributed by atoms with Gasteiger partial charge in [0.05, 0.1) is 30.5 Å². The number of fused-ring (bicyclic) bond motifs is 1. The van der Waals surface area contributed by atoms with Crippen LogP contribution in [0.2, 0.25) is 0 Å². The van der Waals surface area contributed by atoms with Crippen molar-refractivity contribution in [3.05, 3.63) is 83.9 Å². The van der Waals surface area contributed by atoms with E-state index in [0.29, 0.717) is 0 Å². The van der Waals surface area contributed by atoms with Crippen LogP contribution in [0.4, 0.5) is 0 Å². The summed E-state index contributed by atoms with van der Waals surface area (Å²) in [5.74, 6) is 0.904. The first-order valence-corrected chi connectivity index (χ1v) is 9.16. The standard InChI is InChI=1S/C21H21N5O/c1-25-12-16(11-24-25)21-20-18(22-14-23-20)8-9-26(21)13-15-5-2-3-6-17(15)19-7-4-10-27-19/h2-7,10-12,14,21H,8-9,13H2,1H3,(H,22,23)/t21-/m1/s1. The van der Waals surface area contributed by atoms with Gasteiger partial charge in [0.25, 0.3) is 0 Å². The molecule has 1 aliphatic rings. The van der Waals surface area contributed by atoms with Crippen LogP contribution in [0.3, 0.4) is 0 Å². The average molecular weight is 359 g/mol. The Balaban J connectivity index is 1.53. The number of imidazole rings is 1. The summed E-state index contributed by atoms with van der Waals surface area (Å²) in [6.45, 7) is 1.78. The van der Waals surface area contributed by atoms with Crippen LogP contribution in [-0.4, -0.2) is 31.2 Å². The zero-order valence-electron chi connectivity index (χ0n) is 15.2. The quantitative estimate of drug-likeness (QED) is 0.605. The number of benzene rings is 1. The molecule has 6 heteroatoms. The van der Waals surface area contributed by atoms with Crippen molar-refractivity contribution in [2.24, 2.45) is 7.05 Å². The molecule has 1 aromatic carbocycles. The van der Waals surface area contributed by atoms with Crippen LogP contribution < -0.4 is 0 Å². The molecule has 4 aromatic rings. The molecule has 1 aliphatic heterocycles. The summed E-state index contributed by atoms with van der Waals surface area (Å²) in [4.78, 5) is 10.4. The van der Waals surface area contributed by atoms with Crippen molar-refractivity contribution < 1.29 is 4.42 Å². The van der Waals surface area contributed by atoms with E-state index in [0.717, 1.165) is 36.5 Å². The van der Waals surface area contributed by atoms with E-state index in [1.807, 2.05) is 30.1 Å². The minimum atomic E-state index is 0.0957. The van der Waals surface area contributed by atoms with Crippen LogP contribution in [0.15, 0.2) is 65.8 Å². The smallest absolute Gasteiger partial charge is 0.134 e. The van der Waals surface area contributed by atoms with Crippen molar-refractivity contribution in [2.75, 3.05) is 6.54 Å². The number of nitrogens with zero attached hydrogens (tertiary/aromatic N) is 4. The summed E-state index contributed by atoms with van der Waals surface area (Å²) in [6, 6.07) is 12.5. The third-order valence-electron chi connectivity index (χ3n) is 5.24. The van der Waals surface area contributed by atoms with E-state index in [9.17, 15) is 0 Å². The van der Waals surface area contributed by atoms with Crippen molar-refractivity contribution in [1.29, 1.82) is 0 Å². The largest absolute Gasteiger partial charge is 0.464 e. The average Bonchev–Trinajstić information content (AvgIpc) is 3.43. The van der Waals surface area contributed by atoms with E-state index in [4.69, 9.17) is 4.42 Å². The molecular formula is C21H21N5O. The van der Waals surface area contributed by atoms with Gasteiger partial charge >= 0.3 is 0 Å². The van der Waals surface area contributed by atoms with Gasteiger partial charge < -0.3 is 9.40 Å². The van der Waals surface area contributed by atoms with Gasteiger partial charge in [-0.1, -0.05) is 24.3 Å². The van der Waals surface area contributed by atoms with Crippen LogP contribution in [0.25, 0.3) is 11.3 Å². The molecule has 1 atom stereocenters. The first kappa shape index (κ1) is 16.1. The number of rotatable bonds is 4. The first-order chi connectivity index (χ1) is 13.3. The van der Waals surface area contributed by atoms with Gasteiger partial charge in [-0.15, -0.1) is 0 Å². The molecular weight excluding hydrogens is 338 g/mol. The molecule has 0 saturated heterocycles. The normalized spacial score (nSPS) is 17.1. The zero-order chi connectivity index (χ0) is 18.2. The molecule has 0 saturated carbocycles. The van der Waals surface area contributed by atoms with Crippen molar-refractivity contribution in [3.8, 4) is 11.3 Å². The zero-order valence-corrected chi connectivity index (χ0v) is 15.2. The fourth-order valence-corrected chi connectivity index (χ4v) is 3.99. The Kier molecular flexibility index (Phi) is 3.90. The summed E-state index contributed by atoms with van der Waals surface area (Å²) in [5.41, 5.74) is 5.88. The van der Waals surface area contributed by atoms with E-state index in [1.54, 1.807) is 12.6 Å². The molecule has 1 N–H and O–H groups in total. The molecule has 27 heavy (non-hydrogen) atoms. The third kappa shape index (κ3) is 2.88. The second-order valence-electron chi connectivity index (χ2n) is 6.97. The maximum Gasteiger partial charge on any atom is 0.134 e. The van der Waals surface area contributed by atoms with Gasteiger partial charge in [0.1, 0.15) is 5.76 Å². The summed E-state index contributed by atoms with van der Waals surface area (Å²) < 4.78 is 7.51. The van der Waals surface area contributed by atoms with E-state index in [-0.39, 0.29) is 6.04 Å². The lowest BCUT2D eigenvalue weighted by molar-refractivity contribution is 0.200. The lowest BCUT2D eigenvalue weighted by atomic mass is 9.96. The minimum Gasteiger partial charge on any atom is -0.464 e. The number of hydrogen-bond donors (Lipinski definition) is 1. The summed E-state index contributed by atoms with van der Waals surface area (Å²) in [7, 11) is 1.95. The Morgan fingerprint density at radius 1 is 1.22 bits per heavy atom. The molecule has 3 aromatic heterocycles. The minimum absolute atomic E-state index is 0.0957. The number of H-pyrrole nitrogens is 1. The van der Waals surface area contributed by atoms with Crippen LogP contribution in [0.1, 0.15) is 28.6 Å². The van der Waals surface area contributed by atoms with Gasteiger partial charge in [-0.05, 0) is 17.7 Å². The molecule has 0 fully saturated rings. The van der Waals surface area contributed by atoms with Crippen molar-refractivity contribution in [1.82, 2.24) is 24.6 Å². The molecule has 0 bridgehead atoms. The van der Waals surface area contributed by atoms with Gasteiger partial charge in [-0.25, -0.2) is 4.98 Å². The molecule has 0 radical (unpaired) electrons. The predicted molar refractivity (Wildman–Crippen MR) is 102 cm³/mol. The predicted octanol–water partition coefficient (Wildman–Crippen LogP) is 3.55. The highest BCUT2D eigenvalue weighted by atomic mass is 16.3. The maximum atomic E-state index is 5.66. The Morgan fingerprint density at radius 3 is 2.96 bits per heavy atom. The van der Waals surface area contributed by atoms with E-state index >= 15 is 0 Å². The van der Waals surface area contributed by atoms with Crippen molar-refractivity contribution in [2.45, 2.75) is 19.0 Å². The van der Waals surface area contributed by atoms with Gasteiger partial charge in [0.2, 0.25) is 0 Å². The molecule has 5 rings (SSSR count). The number of aryl methyl sites for hydroxylation is 1. The van der Waals surface area contributed by atoms with E-state index in [2.05, 4.69) is 50.4 Å². The second-order valence-corrected chi connectivity index (χ2v) is 6.97. The highest BCUT2D eigenvalue weighted by molar-refractivity contribution is 5.62. The number of furan rings is 1. The molecule has 4 heterocycles. The monoisotopic (exact) mass is 359 g/mol. The molecule has 0 spiro atoms. The Morgan fingerprint density at radius 2 is 2.15 bits per heavy atom. The number of aromatic amines is 1. The summed E-state index contributed by atoms with van der Waals surface area (Å²) in [5, 5.41) is 4.39. The summed E-state index contributed by atoms with van der Waals surface area (Å²) >= 11 is 0. The number of hydrogen-bond acceptors (Lipinski definition) is 4. The Bertz CT molecular complexity index is 1050. The Hall–Kier alpha value is -3.12. The van der Waals surface area contributed by atoms with Crippen LogP contribution >= 0.6 is 0 Å². The van der Waals surface area contributed by atoms with Gasteiger partial charge in [0.15, 0.2) is 0 Å². The van der Waals surface area contributed by atoms with Crippen molar-refractivity contribution >= 4 is 0 Å². The molecule has 136 valence electrons. The van der Waals surface area contributed by atoms with E-state index < -0.39 is 0 Å². The van der Waals surface area contributed by atoms with E-state index in [1.165, 1.54) is 16.8 Å². The Labute approximate surface area is 157 Å². The summed E-state index contributed by atoms with van der Waals surface area (Å²) in [6.07, 6.45) is 8.52. The van der Waals surface area contributed by atoms with Gasteiger partial charge in [0, 0.05) is 49.6 Å². The molecule has 0 unspecified atom stereocenters. The SMILES string of the molecule is Cn1cc([C@@H]2c3nc[nH]c3CCN2Cc2ccccc2-c2ccco2)cn1. The third-order valence-corrected chi connectivity index (χ3v) is 5.24. The second kappa shape index (κ2) is 6.55. The first-order valence-electron chi connectivity index (χ1n) is 9.16. The van der Waals surface area contributed by atoms with Crippen LogP contribution in [0, 0.1) is 0 Å². The highest BCUT2D eigenvalue weighted by Gasteiger charge is 2.32. The fraction of sp³-hybridized carbons (Fsp3) is 0.238. The van der Waals surface area contributed by atoms with Gasteiger partial charge in [-0.2, -0.15) is 5.10 Å². The lowest BCUT2D eigenvalue weighted by Crippen LogP contribution is -2.35. The van der Waals surface area contributed by atoms with Crippen molar-refractivity contribution in [3.63, 3.8) is 0 Å².